The zero-order chi connectivity index (χ0) is 23.1. The Hall–Kier alpha value is -2.89. The van der Waals surface area contributed by atoms with Gasteiger partial charge in [0, 0.05) is 18.2 Å². The van der Waals surface area contributed by atoms with Gasteiger partial charge in [0.2, 0.25) is 0 Å². The molecule has 1 aliphatic heterocycles. The number of nitrogens with zero attached hydrogens (tertiary/aromatic N) is 1. The van der Waals surface area contributed by atoms with Crippen molar-refractivity contribution in [3.63, 3.8) is 0 Å². The number of hydrogen-bond donors (Lipinski definition) is 3. The van der Waals surface area contributed by atoms with Crippen LogP contribution in [0.15, 0.2) is 48.7 Å². The maximum absolute atomic E-state index is 11.1. The van der Waals surface area contributed by atoms with Gasteiger partial charge >= 0.3 is 5.97 Å². The van der Waals surface area contributed by atoms with Crippen molar-refractivity contribution in [3.05, 3.63) is 82.1 Å². The Bertz CT molecular complexity index is 1080. The lowest BCUT2D eigenvalue weighted by Gasteiger charge is -2.46. The van der Waals surface area contributed by atoms with Gasteiger partial charge in [0.1, 0.15) is 0 Å². The normalized spacial score (nSPS) is 21.2. The average molecular weight is 433 g/mol. The van der Waals surface area contributed by atoms with Gasteiger partial charge in [-0.3, -0.25) is 0 Å². The monoisotopic (exact) mass is 432 g/mol. The molecule has 5 heteroatoms. The summed E-state index contributed by atoms with van der Waals surface area (Å²) in [5.41, 5.74) is 8.94. The molecule has 0 saturated heterocycles. The van der Waals surface area contributed by atoms with Crippen molar-refractivity contribution >= 4 is 18.1 Å². The Kier molecular flexibility index (Phi) is 5.74. The predicted octanol–water partition coefficient (Wildman–Crippen LogP) is 4.71. The van der Waals surface area contributed by atoms with E-state index in [-0.39, 0.29) is 16.4 Å². The number of hydrazine groups is 1. The molecule has 1 heterocycles. The second-order valence-corrected chi connectivity index (χ2v) is 10.1. The van der Waals surface area contributed by atoms with E-state index in [0.717, 1.165) is 24.1 Å². The van der Waals surface area contributed by atoms with E-state index in [1.54, 1.807) is 12.1 Å². The lowest BCUT2D eigenvalue weighted by Crippen LogP contribution is -2.45. The summed E-state index contributed by atoms with van der Waals surface area (Å²) >= 11 is 0. The maximum Gasteiger partial charge on any atom is 0.335 e. The largest absolute Gasteiger partial charge is 0.478 e. The molecule has 0 aromatic heterocycles. The van der Waals surface area contributed by atoms with Crippen molar-refractivity contribution in [1.82, 2.24) is 10.4 Å². The topological polar surface area (TPSA) is 72.8 Å². The average Bonchev–Trinajstić information content (AvgIpc) is 3.24. The van der Waals surface area contributed by atoms with Gasteiger partial charge in [-0.15, -0.1) is 0 Å². The van der Waals surface area contributed by atoms with Crippen molar-refractivity contribution in [3.8, 4) is 0 Å². The molecule has 0 radical (unpaired) electrons. The van der Waals surface area contributed by atoms with Crippen molar-refractivity contribution in [2.75, 3.05) is 6.54 Å². The third kappa shape index (κ3) is 4.23. The number of aromatic carboxylic acids is 1. The van der Waals surface area contributed by atoms with Crippen LogP contribution in [0, 0.1) is 0 Å². The van der Waals surface area contributed by atoms with Crippen LogP contribution in [0.4, 0.5) is 0 Å². The molecule has 0 fully saturated rings. The third-order valence-corrected chi connectivity index (χ3v) is 6.89. The predicted molar refractivity (Wildman–Crippen MR) is 128 cm³/mol. The number of carboxylic acids is 1. The minimum atomic E-state index is -0.921. The van der Waals surface area contributed by atoms with Crippen molar-refractivity contribution in [2.24, 2.45) is 0 Å². The second kappa shape index (κ2) is 8.23. The third-order valence-electron chi connectivity index (χ3n) is 6.89. The molecule has 0 saturated carbocycles. The highest BCUT2D eigenvalue weighted by atomic mass is 16.4. The molecule has 168 valence electrons. The minimum absolute atomic E-state index is 0.125. The summed E-state index contributed by atoms with van der Waals surface area (Å²) in [5.74, 6) is -0.921. The number of carbonyl (C=O) groups is 1. The molecule has 1 atom stereocenters. The molecule has 4 rings (SSSR count). The minimum Gasteiger partial charge on any atom is -0.478 e. The highest BCUT2D eigenvalue weighted by molar-refractivity contribution is 5.88. The van der Waals surface area contributed by atoms with Crippen LogP contribution in [-0.4, -0.2) is 33.8 Å². The number of aliphatic hydroxyl groups is 1. The van der Waals surface area contributed by atoms with Crippen LogP contribution >= 0.6 is 0 Å². The lowest BCUT2D eigenvalue weighted by molar-refractivity contribution is 0.0582. The van der Waals surface area contributed by atoms with Crippen LogP contribution in [0.1, 0.15) is 72.3 Å². The molecule has 2 aromatic rings. The Labute approximate surface area is 190 Å². The Balaban J connectivity index is 1.77. The van der Waals surface area contributed by atoms with E-state index in [4.69, 9.17) is 5.11 Å². The number of carboxylic acid groups (broad SMARTS) is 1. The molecular formula is C27H32N2O3. The first-order chi connectivity index (χ1) is 15.1. The Morgan fingerprint density at radius 1 is 1.12 bits per heavy atom. The first kappa shape index (κ1) is 22.3. The number of nitrogens with one attached hydrogen (secondary N) is 1. The van der Waals surface area contributed by atoms with E-state index >= 15 is 0 Å². The molecule has 0 amide bonds. The smallest absolute Gasteiger partial charge is 0.335 e. The van der Waals surface area contributed by atoms with Crippen molar-refractivity contribution in [2.45, 2.75) is 57.6 Å². The molecular weight excluding hydrogens is 400 g/mol. The van der Waals surface area contributed by atoms with Gasteiger partial charge < -0.3 is 15.2 Å². The summed E-state index contributed by atoms with van der Waals surface area (Å²) in [4.78, 5) is 11.1. The molecule has 3 N–H and O–H groups in total. The summed E-state index contributed by atoms with van der Waals surface area (Å²) in [7, 11) is 0. The van der Waals surface area contributed by atoms with Crippen LogP contribution in [0.2, 0.25) is 0 Å². The van der Waals surface area contributed by atoms with Gasteiger partial charge in [-0.25, -0.2) is 10.2 Å². The van der Waals surface area contributed by atoms with E-state index in [0.29, 0.717) is 6.54 Å². The summed E-state index contributed by atoms with van der Waals surface area (Å²) in [6.07, 6.45) is 8.62. The SMILES string of the molecule is CC1(C)CC(O)C(C)(C)c2cc(CN3C=CCN3)c(/C=C/c3ccc(C(=O)O)cc3)cc21. The molecule has 2 aromatic carbocycles. The molecule has 32 heavy (non-hydrogen) atoms. The fourth-order valence-corrected chi connectivity index (χ4v) is 4.69. The molecule has 1 unspecified atom stereocenters. The Morgan fingerprint density at radius 2 is 1.84 bits per heavy atom. The number of fused-ring (bicyclic) bond motifs is 1. The Morgan fingerprint density at radius 3 is 2.47 bits per heavy atom. The quantitative estimate of drug-likeness (QED) is 0.597. The van der Waals surface area contributed by atoms with Crippen molar-refractivity contribution < 1.29 is 15.0 Å². The molecule has 2 aliphatic rings. The molecule has 1 aliphatic carbocycles. The summed E-state index contributed by atoms with van der Waals surface area (Å²) < 4.78 is 0. The van der Waals surface area contributed by atoms with Crippen LogP contribution in [0.5, 0.6) is 0 Å². The van der Waals surface area contributed by atoms with Crippen LogP contribution in [-0.2, 0) is 17.4 Å². The van der Waals surface area contributed by atoms with Gasteiger partial charge in [0.15, 0.2) is 0 Å². The van der Waals surface area contributed by atoms with E-state index in [2.05, 4.69) is 68.6 Å². The van der Waals surface area contributed by atoms with Crippen molar-refractivity contribution in [1.29, 1.82) is 0 Å². The van der Waals surface area contributed by atoms with E-state index in [1.165, 1.54) is 16.7 Å². The summed E-state index contributed by atoms with van der Waals surface area (Å²) in [6.45, 7) is 10.2. The molecule has 5 nitrogen and oxygen atoms in total. The number of hydrogen-bond acceptors (Lipinski definition) is 4. The fraction of sp³-hybridized carbons (Fsp3) is 0.370. The van der Waals surface area contributed by atoms with Gasteiger partial charge in [-0.2, -0.15) is 0 Å². The fourth-order valence-electron chi connectivity index (χ4n) is 4.69. The molecule has 0 spiro atoms. The first-order valence-corrected chi connectivity index (χ1v) is 11.1. The highest BCUT2D eigenvalue weighted by Crippen LogP contribution is 2.47. The molecule has 0 bridgehead atoms. The van der Waals surface area contributed by atoms with E-state index in [9.17, 15) is 9.90 Å². The first-order valence-electron chi connectivity index (χ1n) is 11.1. The number of aliphatic hydroxyl groups excluding tert-OH is 1. The van der Waals surface area contributed by atoms with Crippen LogP contribution in [0.25, 0.3) is 12.2 Å². The number of rotatable bonds is 5. The number of benzene rings is 2. The highest BCUT2D eigenvalue weighted by Gasteiger charge is 2.43. The van der Waals surface area contributed by atoms with Gasteiger partial charge in [-0.05, 0) is 51.8 Å². The summed E-state index contributed by atoms with van der Waals surface area (Å²) in [6, 6.07) is 11.4. The van der Waals surface area contributed by atoms with Crippen LogP contribution < -0.4 is 5.43 Å². The van der Waals surface area contributed by atoms with Gasteiger partial charge in [-0.1, -0.05) is 70.2 Å². The zero-order valence-corrected chi connectivity index (χ0v) is 19.2. The van der Waals surface area contributed by atoms with E-state index < -0.39 is 12.1 Å². The van der Waals surface area contributed by atoms with Gasteiger partial charge in [0.05, 0.1) is 18.2 Å². The second-order valence-electron chi connectivity index (χ2n) is 10.1. The zero-order valence-electron chi connectivity index (χ0n) is 19.2. The van der Waals surface area contributed by atoms with Gasteiger partial charge in [0.25, 0.3) is 0 Å². The van der Waals surface area contributed by atoms with Crippen LogP contribution in [0.3, 0.4) is 0 Å². The summed E-state index contributed by atoms with van der Waals surface area (Å²) in [5, 5.41) is 22.1. The standard InChI is InChI=1S/C27H32N2O3/c1-26(2)16-24(30)27(3,4)23-15-21(17-29-13-5-12-28-29)20(14-22(23)26)11-8-18-6-9-19(10-7-18)25(31)32/h5-11,13-15,24,28,30H,12,16-17H2,1-4H3,(H,31,32)/b11-8+. The van der Waals surface area contributed by atoms with E-state index in [1.807, 2.05) is 18.2 Å². The lowest BCUT2D eigenvalue weighted by atomic mass is 9.61. The maximum atomic E-state index is 11.1.